The molecule has 1 aliphatic heterocycles. The van der Waals surface area contributed by atoms with Crippen molar-refractivity contribution in [3.8, 4) is 12.3 Å². The number of hydrogen-bond acceptors (Lipinski definition) is 2. The Bertz CT molecular complexity index is 715. The summed E-state index contributed by atoms with van der Waals surface area (Å²) in [6.07, 6.45) is 11.6. The second-order valence-electron chi connectivity index (χ2n) is 6.10. The van der Waals surface area contributed by atoms with Crippen molar-refractivity contribution in [2.75, 3.05) is 13.1 Å². The zero-order valence-corrected chi connectivity index (χ0v) is 14.9. The predicted octanol–water partition coefficient (Wildman–Crippen LogP) is 3.74. The molecule has 0 aromatic heterocycles. The van der Waals surface area contributed by atoms with Crippen molar-refractivity contribution < 1.29 is 9.18 Å². The molecule has 0 bridgehead atoms. The van der Waals surface area contributed by atoms with Gasteiger partial charge in [-0.2, -0.15) is 0 Å². The number of amides is 1. The Balaban J connectivity index is 2.24. The minimum absolute atomic E-state index is 0.0150. The molecule has 132 valence electrons. The van der Waals surface area contributed by atoms with Gasteiger partial charge in [0.1, 0.15) is 5.82 Å². The summed E-state index contributed by atoms with van der Waals surface area (Å²) in [5, 5.41) is 2.99. The summed E-state index contributed by atoms with van der Waals surface area (Å²) in [4.78, 5) is 14.7. The normalized spacial score (nSPS) is 20.9. The average molecular weight is 340 g/mol. The molecule has 0 spiro atoms. The number of nitrogens with one attached hydrogen (secondary N) is 1. The van der Waals surface area contributed by atoms with Crippen LogP contribution < -0.4 is 5.32 Å². The summed E-state index contributed by atoms with van der Waals surface area (Å²) < 4.78 is 13.9. The molecule has 2 rings (SSSR count). The highest BCUT2D eigenvalue weighted by Crippen LogP contribution is 2.19. The van der Waals surface area contributed by atoms with E-state index >= 15 is 0 Å². The van der Waals surface area contributed by atoms with Crippen LogP contribution in [0.25, 0.3) is 5.57 Å². The Morgan fingerprint density at radius 3 is 2.84 bits per heavy atom. The lowest BCUT2D eigenvalue weighted by atomic mass is 10.1. The van der Waals surface area contributed by atoms with Gasteiger partial charge in [0.15, 0.2) is 0 Å². The third-order valence-corrected chi connectivity index (χ3v) is 4.36. The van der Waals surface area contributed by atoms with Gasteiger partial charge in [-0.3, -0.25) is 9.69 Å². The summed E-state index contributed by atoms with van der Waals surface area (Å²) in [6, 6.07) is 6.31. The molecule has 25 heavy (non-hydrogen) atoms. The van der Waals surface area contributed by atoms with E-state index in [-0.39, 0.29) is 17.8 Å². The van der Waals surface area contributed by atoms with Gasteiger partial charge in [0, 0.05) is 29.8 Å². The molecule has 1 aromatic carbocycles. The van der Waals surface area contributed by atoms with E-state index in [1.165, 1.54) is 6.07 Å². The number of allylic oxidation sites excluding steroid dienone is 3. The van der Waals surface area contributed by atoms with Crippen molar-refractivity contribution >= 4 is 11.5 Å². The Kier molecular flexibility index (Phi) is 6.97. The first-order valence-corrected chi connectivity index (χ1v) is 8.78. The van der Waals surface area contributed by atoms with E-state index in [9.17, 15) is 9.18 Å². The summed E-state index contributed by atoms with van der Waals surface area (Å²) in [5.41, 5.74) is 1.66. The number of rotatable bonds is 5. The van der Waals surface area contributed by atoms with Crippen LogP contribution in [0.3, 0.4) is 0 Å². The minimum atomic E-state index is -0.352. The first-order valence-electron chi connectivity index (χ1n) is 8.78. The van der Waals surface area contributed by atoms with Crippen LogP contribution in [0.15, 0.2) is 42.1 Å². The third-order valence-electron chi connectivity index (χ3n) is 4.36. The van der Waals surface area contributed by atoms with Crippen molar-refractivity contribution in [1.82, 2.24) is 10.2 Å². The fraction of sp³-hybridized carbons (Fsp3) is 0.381. The first-order chi connectivity index (χ1) is 12.1. The molecule has 0 saturated carbocycles. The third kappa shape index (κ3) is 4.80. The highest BCUT2D eigenvalue weighted by atomic mass is 19.1. The number of nitrogens with zero attached hydrogens (tertiary/aromatic N) is 1. The number of halogens is 1. The first kappa shape index (κ1) is 19.0. The number of hydrogen-bond donors (Lipinski definition) is 1. The van der Waals surface area contributed by atoms with Crippen LogP contribution in [-0.4, -0.2) is 29.9 Å². The van der Waals surface area contributed by atoms with Gasteiger partial charge in [-0.05, 0) is 37.6 Å². The molecule has 1 fully saturated rings. The molecule has 1 heterocycles. The Morgan fingerprint density at radius 2 is 2.20 bits per heavy atom. The summed E-state index contributed by atoms with van der Waals surface area (Å²) in [5.74, 6) is 2.19. The van der Waals surface area contributed by atoms with Crippen LogP contribution in [0.1, 0.15) is 38.7 Å². The van der Waals surface area contributed by atoms with Crippen LogP contribution in [0.2, 0.25) is 0 Å². The molecular weight excluding hydrogens is 315 g/mol. The quantitative estimate of drug-likeness (QED) is 0.828. The van der Waals surface area contributed by atoms with E-state index < -0.39 is 0 Å². The zero-order chi connectivity index (χ0) is 18.2. The minimum Gasteiger partial charge on any atom is -0.328 e. The number of terminal acetylenes is 1. The molecule has 1 N–H and O–H groups in total. The molecule has 1 atom stereocenters. The SMILES string of the molecule is C#C/C(=C\C=C1/CCN(CCC)C(CC)C(=O)N1)c1ccccc1F. The van der Waals surface area contributed by atoms with Crippen LogP contribution in [-0.2, 0) is 4.79 Å². The Hall–Kier alpha value is -2.38. The second-order valence-corrected chi connectivity index (χ2v) is 6.10. The summed E-state index contributed by atoms with van der Waals surface area (Å²) in [6.45, 7) is 5.86. The maximum atomic E-state index is 13.9. The molecule has 3 nitrogen and oxygen atoms in total. The largest absolute Gasteiger partial charge is 0.328 e. The zero-order valence-electron chi connectivity index (χ0n) is 14.9. The molecule has 4 heteroatoms. The number of carbonyl (C=O) groups excluding carboxylic acids is 1. The van der Waals surface area contributed by atoms with Crippen molar-refractivity contribution in [1.29, 1.82) is 0 Å². The fourth-order valence-corrected chi connectivity index (χ4v) is 3.09. The molecule has 0 aliphatic carbocycles. The monoisotopic (exact) mass is 340 g/mol. The highest BCUT2D eigenvalue weighted by molar-refractivity contribution is 5.84. The highest BCUT2D eigenvalue weighted by Gasteiger charge is 2.27. The number of benzene rings is 1. The molecule has 1 saturated heterocycles. The predicted molar refractivity (Wildman–Crippen MR) is 100.0 cm³/mol. The lowest BCUT2D eigenvalue weighted by Gasteiger charge is -2.26. The summed E-state index contributed by atoms with van der Waals surface area (Å²) >= 11 is 0. The van der Waals surface area contributed by atoms with Crippen LogP contribution >= 0.6 is 0 Å². The molecule has 0 radical (unpaired) electrons. The van der Waals surface area contributed by atoms with E-state index in [4.69, 9.17) is 6.42 Å². The molecule has 1 unspecified atom stereocenters. The fourth-order valence-electron chi connectivity index (χ4n) is 3.09. The van der Waals surface area contributed by atoms with E-state index in [0.717, 1.165) is 38.0 Å². The molecule has 1 aliphatic rings. The topological polar surface area (TPSA) is 32.3 Å². The average Bonchev–Trinajstić information content (AvgIpc) is 2.75. The molecular formula is C21H25FN2O. The Labute approximate surface area is 149 Å². The molecule has 1 aromatic rings. The lowest BCUT2D eigenvalue weighted by molar-refractivity contribution is -0.125. The standard InChI is InChI=1S/C21H25FN2O/c1-4-14-24-15-13-17(23-21(25)20(24)6-3)12-11-16(5-2)18-9-7-8-10-19(18)22/h2,7-12,20H,4,6,13-15H2,1,3H3,(H,23,25)/b16-11+,17-12+. The van der Waals surface area contributed by atoms with Crippen LogP contribution in [0, 0.1) is 18.2 Å². The smallest absolute Gasteiger partial charge is 0.241 e. The van der Waals surface area contributed by atoms with Gasteiger partial charge < -0.3 is 5.32 Å². The number of carbonyl (C=O) groups is 1. The van der Waals surface area contributed by atoms with Gasteiger partial charge in [-0.1, -0.05) is 38.0 Å². The van der Waals surface area contributed by atoms with E-state index in [1.54, 1.807) is 30.4 Å². The lowest BCUT2D eigenvalue weighted by Crippen LogP contribution is -2.43. The van der Waals surface area contributed by atoms with Gasteiger partial charge in [0.05, 0.1) is 6.04 Å². The van der Waals surface area contributed by atoms with Crippen LogP contribution in [0.5, 0.6) is 0 Å². The van der Waals surface area contributed by atoms with Gasteiger partial charge in [0.25, 0.3) is 0 Å². The maximum Gasteiger partial charge on any atom is 0.241 e. The second kappa shape index (κ2) is 9.19. The molecule has 1 amide bonds. The van der Waals surface area contributed by atoms with Crippen molar-refractivity contribution in [3.05, 3.63) is 53.5 Å². The van der Waals surface area contributed by atoms with Crippen molar-refractivity contribution in [3.63, 3.8) is 0 Å². The van der Waals surface area contributed by atoms with Crippen molar-refractivity contribution in [2.45, 2.75) is 39.2 Å². The van der Waals surface area contributed by atoms with Crippen molar-refractivity contribution in [2.24, 2.45) is 0 Å². The summed E-state index contributed by atoms with van der Waals surface area (Å²) in [7, 11) is 0. The van der Waals surface area contributed by atoms with Gasteiger partial charge in [0.2, 0.25) is 5.91 Å². The van der Waals surface area contributed by atoms with E-state index in [2.05, 4.69) is 23.1 Å². The van der Waals surface area contributed by atoms with E-state index in [0.29, 0.717) is 11.1 Å². The van der Waals surface area contributed by atoms with Gasteiger partial charge >= 0.3 is 0 Å². The maximum absolute atomic E-state index is 13.9. The van der Waals surface area contributed by atoms with Gasteiger partial charge in [-0.15, -0.1) is 6.42 Å². The van der Waals surface area contributed by atoms with E-state index in [1.807, 2.05) is 6.92 Å². The van der Waals surface area contributed by atoms with Gasteiger partial charge in [-0.25, -0.2) is 4.39 Å². The van der Waals surface area contributed by atoms with Crippen LogP contribution in [0.4, 0.5) is 4.39 Å². The Morgan fingerprint density at radius 1 is 1.44 bits per heavy atom.